The molecule has 1 amide bonds. The maximum absolute atomic E-state index is 12.9. The molecule has 3 rings (SSSR count). The minimum absolute atomic E-state index is 0.0201. The lowest BCUT2D eigenvalue weighted by Crippen LogP contribution is -2.74. The van der Waals surface area contributed by atoms with Gasteiger partial charge in [-0.15, -0.1) is 0 Å². The van der Waals surface area contributed by atoms with Gasteiger partial charge >= 0.3 is 0 Å². The Balaban J connectivity index is 1.71. The highest BCUT2D eigenvalue weighted by atomic mass is 35.5. The van der Waals surface area contributed by atoms with Gasteiger partial charge in [-0.3, -0.25) is 4.79 Å². The van der Waals surface area contributed by atoms with Crippen LogP contribution in [0.3, 0.4) is 0 Å². The standard InChI is InChI=1S/C24H28ClN3O3/c1-14(2)30-19-10-8-16(13-27-19)20(29)28-21-23(3,4)22(24(21,5)6)31-17-9-7-15(12-26)18(25)11-17/h7-11,13-14,21-22H,1-6H3,(H,28,29). The number of nitriles is 1. The largest absolute Gasteiger partial charge is 0.489 e. The van der Waals surface area contributed by atoms with E-state index in [1.807, 2.05) is 19.9 Å². The van der Waals surface area contributed by atoms with Gasteiger partial charge in [0.2, 0.25) is 5.88 Å². The summed E-state index contributed by atoms with van der Waals surface area (Å²) in [4.78, 5) is 17.1. The zero-order valence-electron chi connectivity index (χ0n) is 18.7. The van der Waals surface area contributed by atoms with Crippen LogP contribution in [-0.4, -0.2) is 29.1 Å². The van der Waals surface area contributed by atoms with Gasteiger partial charge in [-0.25, -0.2) is 4.98 Å². The molecule has 1 aliphatic carbocycles. The molecule has 1 saturated carbocycles. The number of ether oxygens (including phenoxy) is 2. The summed E-state index contributed by atoms with van der Waals surface area (Å²) in [5, 5.41) is 12.6. The van der Waals surface area contributed by atoms with Crippen molar-refractivity contribution in [1.29, 1.82) is 5.26 Å². The first-order chi connectivity index (χ1) is 14.5. The lowest BCUT2D eigenvalue weighted by atomic mass is 9.49. The Morgan fingerprint density at radius 3 is 2.39 bits per heavy atom. The Kier molecular flexibility index (Phi) is 6.20. The molecular formula is C24H28ClN3O3. The monoisotopic (exact) mass is 441 g/mol. The van der Waals surface area contributed by atoms with E-state index in [0.29, 0.717) is 27.8 Å². The second-order valence-electron chi connectivity index (χ2n) is 9.35. The predicted octanol–water partition coefficient (Wildman–Crippen LogP) is 5.01. The van der Waals surface area contributed by atoms with Crippen molar-refractivity contribution in [1.82, 2.24) is 10.3 Å². The third kappa shape index (κ3) is 4.47. The van der Waals surface area contributed by atoms with Gasteiger partial charge in [-0.2, -0.15) is 5.26 Å². The quantitative estimate of drug-likeness (QED) is 0.681. The lowest BCUT2D eigenvalue weighted by Gasteiger charge is -2.63. The number of rotatable bonds is 6. The normalized spacial score (nSPS) is 21.0. The van der Waals surface area contributed by atoms with Crippen LogP contribution in [-0.2, 0) is 0 Å². The molecule has 0 saturated heterocycles. The van der Waals surface area contributed by atoms with Crippen molar-refractivity contribution in [3.8, 4) is 17.7 Å². The van der Waals surface area contributed by atoms with Crippen molar-refractivity contribution in [3.63, 3.8) is 0 Å². The van der Waals surface area contributed by atoms with E-state index >= 15 is 0 Å². The number of pyridine rings is 1. The molecule has 1 aromatic carbocycles. The van der Waals surface area contributed by atoms with Gasteiger partial charge in [0, 0.05) is 35.2 Å². The molecule has 0 aliphatic heterocycles. The predicted molar refractivity (Wildman–Crippen MR) is 119 cm³/mol. The molecule has 0 spiro atoms. The molecule has 0 radical (unpaired) electrons. The second kappa shape index (κ2) is 8.39. The highest BCUT2D eigenvalue weighted by Crippen LogP contribution is 2.55. The van der Waals surface area contributed by atoms with Crippen molar-refractivity contribution in [2.75, 3.05) is 0 Å². The first-order valence-corrected chi connectivity index (χ1v) is 10.6. The highest BCUT2D eigenvalue weighted by molar-refractivity contribution is 6.31. The van der Waals surface area contributed by atoms with Gasteiger partial charge < -0.3 is 14.8 Å². The summed E-state index contributed by atoms with van der Waals surface area (Å²) < 4.78 is 11.8. The minimum atomic E-state index is -0.326. The zero-order chi connectivity index (χ0) is 23.0. The van der Waals surface area contributed by atoms with Crippen molar-refractivity contribution >= 4 is 17.5 Å². The number of halogens is 1. The number of amides is 1. The molecular weight excluding hydrogens is 414 g/mol. The van der Waals surface area contributed by atoms with Crippen LogP contribution in [0.5, 0.6) is 11.6 Å². The molecule has 1 fully saturated rings. The van der Waals surface area contributed by atoms with Crippen molar-refractivity contribution in [2.24, 2.45) is 10.8 Å². The average Bonchev–Trinajstić information content (AvgIpc) is 2.70. The van der Waals surface area contributed by atoms with E-state index in [-0.39, 0.29) is 35.0 Å². The van der Waals surface area contributed by atoms with Crippen LogP contribution in [0.15, 0.2) is 36.5 Å². The first kappa shape index (κ1) is 22.9. The molecule has 7 heteroatoms. The van der Waals surface area contributed by atoms with E-state index < -0.39 is 0 Å². The molecule has 0 atom stereocenters. The molecule has 0 unspecified atom stereocenters. The summed E-state index contributed by atoms with van der Waals surface area (Å²) >= 11 is 6.15. The summed E-state index contributed by atoms with van der Waals surface area (Å²) in [5.41, 5.74) is 0.233. The summed E-state index contributed by atoms with van der Waals surface area (Å²) in [6.07, 6.45) is 1.39. The lowest BCUT2D eigenvalue weighted by molar-refractivity contribution is -0.164. The van der Waals surface area contributed by atoms with Crippen LogP contribution in [0.4, 0.5) is 0 Å². The molecule has 0 bridgehead atoms. The van der Waals surface area contributed by atoms with Crippen LogP contribution in [0.25, 0.3) is 0 Å². The molecule has 1 heterocycles. The van der Waals surface area contributed by atoms with E-state index in [4.69, 9.17) is 26.3 Å². The Labute approximate surface area is 188 Å². The number of carbonyl (C=O) groups excluding carboxylic acids is 1. The van der Waals surface area contributed by atoms with E-state index in [1.54, 1.807) is 30.3 Å². The molecule has 2 aromatic rings. The Bertz CT molecular complexity index is 994. The fourth-order valence-electron chi connectivity index (χ4n) is 4.64. The van der Waals surface area contributed by atoms with Crippen LogP contribution in [0, 0.1) is 22.2 Å². The maximum Gasteiger partial charge on any atom is 0.253 e. The molecule has 31 heavy (non-hydrogen) atoms. The van der Waals surface area contributed by atoms with Crippen molar-refractivity contribution in [3.05, 3.63) is 52.7 Å². The van der Waals surface area contributed by atoms with E-state index in [0.717, 1.165) is 0 Å². The summed E-state index contributed by atoms with van der Waals surface area (Å²) in [6, 6.07) is 10.4. The fraction of sp³-hybridized carbons (Fsp3) is 0.458. The van der Waals surface area contributed by atoms with E-state index in [2.05, 4.69) is 38.0 Å². The molecule has 1 aliphatic rings. The average molecular weight is 442 g/mol. The summed E-state index contributed by atoms with van der Waals surface area (Å²) in [7, 11) is 0. The number of aromatic nitrogens is 1. The highest BCUT2D eigenvalue weighted by Gasteiger charge is 2.64. The third-order valence-corrected chi connectivity index (χ3v) is 6.10. The van der Waals surface area contributed by atoms with Gasteiger partial charge in [-0.05, 0) is 32.0 Å². The molecule has 6 nitrogen and oxygen atoms in total. The van der Waals surface area contributed by atoms with Gasteiger partial charge in [0.15, 0.2) is 0 Å². The van der Waals surface area contributed by atoms with Gasteiger partial charge in [-0.1, -0.05) is 39.3 Å². The second-order valence-corrected chi connectivity index (χ2v) is 9.76. The van der Waals surface area contributed by atoms with Crippen LogP contribution < -0.4 is 14.8 Å². The van der Waals surface area contributed by atoms with Crippen LogP contribution in [0.2, 0.25) is 5.02 Å². The Morgan fingerprint density at radius 2 is 1.87 bits per heavy atom. The third-order valence-electron chi connectivity index (χ3n) is 5.78. The van der Waals surface area contributed by atoms with Gasteiger partial charge in [0.25, 0.3) is 5.91 Å². The number of hydrogen-bond acceptors (Lipinski definition) is 5. The number of nitrogens with zero attached hydrogens (tertiary/aromatic N) is 2. The summed E-state index contributed by atoms with van der Waals surface area (Å²) in [6.45, 7) is 12.1. The Hall–Kier alpha value is -2.78. The molecule has 1 aromatic heterocycles. The number of hydrogen-bond donors (Lipinski definition) is 1. The van der Waals surface area contributed by atoms with E-state index in [1.165, 1.54) is 6.20 Å². The first-order valence-electron chi connectivity index (χ1n) is 10.3. The smallest absolute Gasteiger partial charge is 0.253 e. The Morgan fingerprint density at radius 1 is 1.19 bits per heavy atom. The van der Waals surface area contributed by atoms with Crippen molar-refractivity contribution in [2.45, 2.75) is 59.8 Å². The minimum Gasteiger partial charge on any atom is -0.489 e. The number of carbonyl (C=O) groups is 1. The van der Waals surface area contributed by atoms with Crippen molar-refractivity contribution < 1.29 is 14.3 Å². The zero-order valence-corrected chi connectivity index (χ0v) is 19.4. The van der Waals surface area contributed by atoms with Gasteiger partial charge in [0.05, 0.1) is 22.3 Å². The fourth-order valence-corrected chi connectivity index (χ4v) is 4.85. The maximum atomic E-state index is 12.9. The van der Waals surface area contributed by atoms with Gasteiger partial charge in [0.1, 0.15) is 17.9 Å². The number of benzene rings is 1. The van der Waals surface area contributed by atoms with E-state index in [9.17, 15) is 4.79 Å². The van der Waals surface area contributed by atoms with Crippen LogP contribution >= 0.6 is 11.6 Å². The topological polar surface area (TPSA) is 84.2 Å². The summed E-state index contributed by atoms with van der Waals surface area (Å²) in [5.74, 6) is 0.907. The molecule has 164 valence electrons. The SMILES string of the molecule is CC(C)Oc1ccc(C(=O)NC2C(C)(C)C(Oc3ccc(C#N)c(Cl)c3)C2(C)C)cn1. The number of nitrogens with one attached hydrogen (secondary N) is 1. The molecule has 1 N–H and O–H groups in total. The van der Waals surface area contributed by atoms with Crippen LogP contribution in [0.1, 0.15) is 57.5 Å².